The number of hydrogen-bond acceptors (Lipinski definition) is 4. The molecule has 5 aromatic rings. The highest BCUT2D eigenvalue weighted by molar-refractivity contribution is 6.31. The topological polar surface area (TPSA) is 85.8 Å². The number of carbonyl (C=O) groups is 1. The minimum absolute atomic E-state index is 0.00381. The van der Waals surface area contributed by atoms with E-state index in [2.05, 4.69) is 27.1 Å². The van der Waals surface area contributed by atoms with Crippen LogP contribution in [-0.4, -0.2) is 20.4 Å². The van der Waals surface area contributed by atoms with Crippen molar-refractivity contribution in [2.45, 2.75) is 13.1 Å². The average Bonchev–Trinajstić information content (AvgIpc) is 3.43. The molecule has 0 unspecified atom stereocenters. The average molecular weight is 546 g/mol. The molecule has 39 heavy (non-hydrogen) atoms. The summed E-state index contributed by atoms with van der Waals surface area (Å²) in [6.07, 6.45) is 1.06. The van der Waals surface area contributed by atoms with Gasteiger partial charge in [-0.3, -0.25) is 4.79 Å². The number of nitrogens with one attached hydrogen (secondary N) is 1. The molecule has 0 aliphatic rings. The van der Waals surface area contributed by atoms with E-state index in [9.17, 15) is 18.0 Å². The second-order valence-corrected chi connectivity index (χ2v) is 9.12. The molecular weight excluding hydrogens is 527 g/mol. The quantitative estimate of drug-likeness (QED) is 0.249. The first kappa shape index (κ1) is 25.8. The van der Waals surface area contributed by atoms with E-state index < -0.39 is 17.6 Å². The van der Waals surface area contributed by atoms with E-state index in [1.165, 1.54) is 35.4 Å². The van der Waals surface area contributed by atoms with Gasteiger partial charge in [-0.25, -0.2) is 9.97 Å². The Morgan fingerprint density at radius 1 is 1.08 bits per heavy atom. The molecule has 10 heteroatoms. The zero-order valence-corrected chi connectivity index (χ0v) is 21.1. The molecule has 0 radical (unpaired) electrons. The Bertz CT molecular complexity index is 1780. The number of anilines is 2. The molecule has 1 amide bonds. The van der Waals surface area contributed by atoms with Crippen LogP contribution in [-0.2, 0) is 6.18 Å². The highest BCUT2D eigenvalue weighted by Gasteiger charge is 2.34. The zero-order chi connectivity index (χ0) is 27.7. The Labute approximate surface area is 226 Å². The molecule has 2 heterocycles. The summed E-state index contributed by atoms with van der Waals surface area (Å²) in [5, 5.41) is 4.64. The SMILES string of the molecule is Cc1ccc(C(=O)Nc2ccc(-n3ccnc3)c(C(F)(F)F)c2)cc1C#Cc1c(N)ncc2ccc(Cl)cc12. The summed E-state index contributed by atoms with van der Waals surface area (Å²) in [5.74, 6) is 5.74. The third kappa shape index (κ3) is 5.42. The van der Waals surface area contributed by atoms with Gasteiger partial charge in [0.2, 0.25) is 0 Å². The maximum Gasteiger partial charge on any atom is 0.418 e. The second-order valence-electron chi connectivity index (χ2n) is 8.68. The van der Waals surface area contributed by atoms with Crippen LogP contribution in [0, 0.1) is 18.8 Å². The summed E-state index contributed by atoms with van der Waals surface area (Å²) in [7, 11) is 0. The molecule has 0 spiro atoms. The van der Waals surface area contributed by atoms with Crippen LogP contribution in [0.4, 0.5) is 24.7 Å². The van der Waals surface area contributed by atoms with E-state index in [4.69, 9.17) is 17.3 Å². The normalized spacial score (nSPS) is 11.2. The Morgan fingerprint density at radius 2 is 1.90 bits per heavy atom. The van der Waals surface area contributed by atoms with E-state index in [0.717, 1.165) is 22.4 Å². The highest BCUT2D eigenvalue weighted by atomic mass is 35.5. The van der Waals surface area contributed by atoms with Crippen molar-refractivity contribution < 1.29 is 18.0 Å². The van der Waals surface area contributed by atoms with Crippen LogP contribution in [0.5, 0.6) is 0 Å². The van der Waals surface area contributed by atoms with Gasteiger partial charge in [-0.1, -0.05) is 35.6 Å². The number of carbonyl (C=O) groups excluding carboxylic acids is 1. The van der Waals surface area contributed by atoms with Crippen LogP contribution in [0.1, 0.15) is 32.6 Å². The van der Waals surface area contributed by atoms with Crippen molar-refractivity contribution in [2.75, 3.05) is 11.1 Å². The Balaban J connectivity index is 1.46. The van der Waals surface area contributed by atoms with Crippen LogP contribution >= 0.6 is 11.6 Å². The van der Waals surface area contributed by atoms with Crippen LogP contribution < -0.4 is 11.1 Å². The van der Waals surface area contributed by atoms with E-state index in [-0.39, 0.29) is 22.8 Å². The number of amides is 1. The fraction of sp³-hybridized carbons (Fsp3) is 0.0690. The Morgan fingerprint density at radius 3 is 2.64 bits per heavy atom. The molecule has 0 aliphatic carbocycles. The van der Waals surface area contributed by atoms with Crippen molar-refractivity contribution in [3.05, 3.63) is 112 Å². The summed E-state index contributed by atoms with van der Waals surface area (Å²) in [6, 6.07) is 13.7. The number of nitrogen functional groups attached to an aromatic ring is 1. The first-order valence-electron chi connectivity index (χ1n) is 11.6. The molecule has 0 saturated carbocycles. The lowest BCUT2D eigenvalue weighted by atomic mass is 10.0. The standard InChI is InChI=1S/C29H19ClF3N5O/c1-17-2-3-19(12-18(17)5-8-23-24-13-21(30)6-4-20(24)15-36-27(23)34)28(39)37-22-7-9-26(38-11-10-35-16-38)25(14-22)29(31,32)33/h2-4,6-7,9-16H,1H3,(H2,34,36)(H,37,39). The van der Waals surface area contributed by atoms with Gasteiger partial charge in [-0.2, -0.15) is 13.2 Å². The Kier molecular flexibility index (Phi) is 6.73. The van der Waals surface area contributed by atoms with Crippen LogP contribution in [0.25, 0.3) is 16.5 Å². The fourth-order valence-corrected chi connectivity index (χ4v) is 4.20. The van der Waals surface area contributed by atoms with Crippen molar-refractivity contribution in [3.63, 3.8) is 0 Å². The number of imidazole rings is 1. The predicted octanol–water partition coefficient (Wildman–Crippen LogP) is 6.64. The van der Waals surface area contributed by atoms with Crippen molar-refractivity contribution in [1.82, 2.24) is 14.5 Å². The number of nitrogens with two attached hydrogens (primary N) is 1. The van der Waals surface area contributed by atoms with Gasteiger partial charge in [0.15, 0.2) is 0 Å². The smallest absolute Gasteiger partial charge is 0.383 e. The number of aromatic nitrogens is 3. The van der Waals surface area contributed by atoms with Crippen molar-refractivity contribution in [1.29, 1.82) is 0 Å². The zero-order valence-electron chi connectivity index (χ0n) is 20.3. The second kappa shape index (κ2) is 10.2. The number of aryl methyl sites for hydroxylation is 1. The number of halogens is 4. The van der Waals surface area contributed by atoms with E-state index in [1.807, 2.05) is 13.0 Å². The van der Waals surface area contributed by atoms with Gasteiger partial charge < -0.3 is 15.6 Å². The van der Waals surface area contributed by atoms with Gasteiger partial charge in [0.1, 0.15) is 5.82 Å². The molecule has 0 saturated heterocycles. The van der Waals surface area contributed by atoms with Gasteiger partial charge in [0.05, 0.1) is 23.1 Å². The summed E-state index contributed by atoms with van der Waals surface area (Å²) in [4.78, 5) is 21.0. The van der Waals surface area contributed by atoms with Gasteiger partial charge in [-0.05, 0) is 55.0 Å². The lowest BCUT2D eigenvalue weighted by molar-refractivity contribution is -0.137. The molecule has 3 N–H and O–H groups in total. The number of hydrogen-bond donors (Lipinski definition) is 2. The number of rotatable bonds is 3. The van der Waals surface area contributed by atoms with Crippen molar-refractivity contribution in [3.8, 4) is 17.5 Å². The molecule has 0 atom stereocenters. The summed E-state index contributed by atoms with van der Waals surface area (Å²) >= 11 is 6.16. The lowest BCUT2D eigenvalue weighted by Crippen LogP contribution is -2.15. The molecule has 0 bridgehead atoms. The molecule has 0 fully saturated rings. The summed E-state index contributed by atoms with van der Waals surface area (Å²) < 4.78 is 42.6. The first-order valence-corrected chi connectivity index (χ1v) is 12.0. The van der Waals surface area contributed by atoms with E-state index >= 15 is 0 Å². The number of nitrogens with zero attached hydrogens (tertiary/aromatic N) is 3. The molecule has 5 rings (SSSR count). The number of alkyl halides is 3. The monoisotopic (exact) mass is 545 g/mol. The maximum atomic E-state index is 13.8. The lowest BCUT2D eigenvalue weighted by Gasteiger charge is -2.15. The molecule has 3 aromatic carbocycles. The third-order valence-electron chi connectivity index (χ3n) is 6.05. The highest BCUT2D eigenvalue weighted by Crippen LogP contribution is 2.35. The number of pyridine rings is 1. The van der Waals surface area contributed by atoms with Gasteiger partial charge in [0, 0.05) is 51.2 Å². The number of fused-ring (bicyclic) bond motifs is 1. The number of benzene rings is 3. The van der Waals surface area contributed by atoms with Crippen molar-refractivity contribution >= 4 is 39.8 Å². The van der Waals surface area contributed by atoms with Crippen LogP contribution in [0.2, 0.25) is 5.02 Å². The van der Waals surface area contributed by atoms with E-state index in [0.29, 0.717) is 16.1 Å². The van der Waals surface area contributed by atoms with Gasteiger partial charge in [0.25, 0.3) is 5.91 Å². The minimum Gasteiger partial charge on any atom is -0.383 e. The Hall–Kier alpha value is -4.81. The first-order chi connectivity index (χ1) is 18.6. The fourth-order valence-electron chi connectivity index (χ4n) is 4.03. The van der Waals surface area contributed by atoms with Crippen molar-refractivity contribution in [2.24, 2.45) is 0 Å². The summed E-state index contributed by atoms with van der Waals surface area (Å²) in [6.45, 7) is 1.83. The molecule has 194 valence electrons. The molecule has 6 nitrogen and oxygen atoms in total. The minimum atomic E-state index is -4.64. The van der Waals surface area contributed by atoms with Crippen LogP contribution in [0.3, 0.4) is 0 Å². The van der Waals surface area contributed by atoms with Crippen LogP contribution in [0.15, 0.2) is 79.5 Å². The summed E-state index contributed by atoms with van der Waals surface area (Å²) in [5.41, 5.74) is 7.14. The largest absolute Gasteiger partial charge is 0.418 e. The molecule has 0 aliphatic heterocycles. The predicted molar refractivity (Wildman–Crippen MR) is 145 cm³/mol. The third-order valence-corrected chi connectivity index (χ3v) is 6.28. The van der Waals surface area contributed by atoms with E-state index in [1.54, 1.807) is 36.5 Å². The molecule has 2 aromatic heterocycles. The van der Waals surface area contributed by atoms with Gasteiger partial charge >= 0.3 is 6.18 Å². The molecular formula is C29H19ClF3N5O. The van der Waals surface area contributed by atoms with Gasteiger partial charge in [-0.15, -0.1) is 0 Å². The maximum absolute atomic E-state index is 13.8.